The largest absolute Gasteiger partial charge is 0.316 e. The molecule has 1 N–H and O–H groups in total. The van der Waals surface area contributed by atoms with Crippen LogP contribution in [0.25, 0.3) is 0 Å². The molecule has 0 aliphatic rings. The first-order chi connectivity index (χ1) is 9.63. The number of halogens is 1. The molecule has 0 spiro atoms. The molecule has 0 aliphatic heterocycles. The van der Waals surface area contributed by atoms with Gasteiger partial charge in [0.15, 0.2) is 0 Å². The highest BCUT2D eigenvalue weighted by molar-refractivity contribution is 9.10. The molecule has 1 nitrogen and oxygen atoms in total. The van der Waals surface area contributed by atoms with E-state index in [2.05, 4.69) is 66.3 Å². The second kappa shape index (κ2) is 10.4. The van der Waals surface area contributed by atoms with Gasteiger partial charge in [-0.1, -0.05) is 74.2 Å². The number of unbranched alkanes of at least 4 members (excludes halogenated alkanes) is 2. The minimum atomic E-state index is 0.731. The van der Waals surface area contributed by atoms with Crippen LogP contribution in [0.3, 0.4) is 0 Å². The van der Waals surface area contributed by atoms with Gasteiger partial charge in [0.05, 0.1) is 0 Å². The van der Waals surface area contributed by atoms with Gasteiger partial charge < -0.3 is 5.32 Å². The monoisotopic (exact) mass is 339 g/mol. The van der Waals surface area contributed by atoms with E-state index in [0.29, 0.717) is 0 Å². The van der Waals surface area contributed by atoms with Crippen molar-refractivity contribution in [3.63, 3.8) is 0 Å². The maximum Gasteiger partial charge on any atom is 0.0207 e. The molecule has 0 saturated carbocycles. The second-order valence-electron chi connectivity index (χ2n) is 6.21. The fourth-order valence-electron chi connectivity index (χ4n) is 2.51. The lowest BCUT2D eigenvalue weighted by molar-refractivity contribution is 0.409. The number of benzene rings is 1. The van der Waals surface area contributed by atoms with E-state index in [-0.39, 0.29) is 0 Å². The third-order valence-electron chi connectivity index (χ3n) is 3.67. The second-order valence-corrected chi connectivity index (χ2v) is 7.06. The van der Waals surface area contributed by atoms with Gasteiger partial charge in [-0.15, -0.1) is 0 Å². The van der Waals surface area contributed by atoms with Gasteiger partial charge >= 0.3 is 0 Å². The van der Waals surface area contributed by atoms with Crippen LogP contribution >= 0.6 is 15.9 Å². The zero-order valence-corrected chi connectivity index (χ0v) is 14.9. The van der Waals surface area contributed by atoms with Crippen LogP contribution in [0.4, 0.5) is 0 Å². The highest BCUT2D eigenvalue weighted by Crippen LogP contribution is 2.22. The van der Waals surface area contributed by atoms with E-state index in [1.807, 2.05) is 0 Å². The standard InChI is InChI=1S/C18H30BrN/c1-4-5-6-9-16(14-20-13-15(2)3)12-17-10-7-8-11-18(17)19/h7-8,10-11,15-16,20H,4-6,9,12-14H2,1-3H3. The molecule has 0 bridgehead atoms. The SMILES string of the molecule is CCCCCC(CNCC(C)C)Cc1ccccc1Br. The Labute approximate surface area is 133 Å². The molecule has 1 atom stereocenters. The maximum atomic E-state index is 3.68. The highest BCUT2D eigenvalue weighted by atomic mass is 79.9. The highest BCUT2D eigenvalue weighted by Gasteiger charge is 2.11. The van der Waals surface area contributed by atoms with E-state index >= 15 is 0 Å². The Morgan fingerprint density at radius 3 is 2.50 bits per heavy atom. The molecule has 0 saturated heterocycles. The molecule has 2 heteroatoms. The van der Waals surface area contributed by atoms with E-state index in [1.165, 1.54) is 42.1 Å². The molecule has 1 aromatic rings. The van der Waals surface area contributed by atoms with Gasteiger partial charge in [0.25, 0.3) is 0 Å². The van der Waals surface area contributed by atoms with Gasteiger partial charge in [0.1, 0.15) is 0 Å². The first kappa shape index (κ1) is 17.7. The number of hydrogen-bond donors (Lipinski definition) is 1. The summed E-state index contributed by atoms with van der Waals surface area (Å²) in [6.45, 7) is 9.09. The fourth-order valence-corrected chi connectivity index (χ4v) is 2.96. The van der Waals surface area contributed by atoms with Crippen molar-refractivity contribution < 1.29 is 0 Å². The van der Waals surface area contributed by atoms with E-state index < -0.39 is 0 Å². The van der Waals surface area contributed by atoms with Crippen molar-refractivity contribution in [1.29, 1.82) is 0 Å². The summed E-state index contributed by atoms with van der Waals surface area (Å²) in [4.78, 5) is 0. The molecule has 0 aliphatic carbocycles. The Balaban J connectivity index is 2.50. The Morgan fingerprint density at radius 1 is 1.10 bits per heavy atom. The summed E-state index contributed by atoms with van der Waals surface area (Å²) >= 11 is 3.68. The molecular weight excluding hydrogens is 310 g/mol. The van der Waals surface area contributed by atoms with Crippen LogP contribution in [0.2, 0.25) is 0 Å². The van der Waals surface area contributed by atoms with E-state index in [0.717, 1.165) is 24.9 Å². The van der Waals surface area contributed by atoms with Crippen molar-refractivity contribution in [2.75, 3.05) is 13.1 Å². The molecule has 114 valence electrons. The molecule has 0 heterocycles. The maximum absolute atomic E-state index is 3.68. The average molecular weight is 340 g/mol. The molecular formula is C18H30BrN. The van der Waals surface area contributed by atoms with Gasteiger partial charge in [-0.05, 0) is 49.4 Å². The van der Waals surface area contributed by atoms with Crippen molar-refractivity contribution in [3.8, 4) is 0 Å². The zero-order valence-electron chi connectivity index (χ0n) is 13.3. The molecule has 20 heavy (non-hydrogen) atoms. The van der Waals surface area contributed by atoms with Gasteiger partial charge in [0, 0.05) is 4.47 Å². The topological polar surface area (TPSA) is 12.0 Å². The van der Waals surface area contributed by atoms with Crippen LogP contribution in [-0.2, 0) is 6.42 Å². The Morgan fingerprint density at radius 2 is 1.85 bits per heavy atom. The molecule has 0 radical (unpaired) electrons. The van der Waals surface area contributed by atoms with Crippen molar-refractivity contribution in [2.45, 2.75) is 52.9 Å². The lowest BCUT2D eigenvalue weighted by Crippen LogP contribution is -2.27. The number of nitrogens with one attached hydrogen (secondary N) is 1. The van der Waals surface area contributed by atoms with Crippen LogP contribution < -0.4 is 5.32 Å². The normalized spacial score (nSPS) is 12.8. The third kappa shape index (κ3) is 7.44. The van der Waals surface area contributed by atoms with Crippen molar-refractivity contribution >= 4 is 15.9 Å². The van der Waals surface area contributed by atoms with E-state index in [1.54, 1.807) is 0 Å². The molecule has 1 rings (SSSR count). The summed E-state index contributed by atoms with van der Waals surface area (Å²) in [7, 11) is 0. The van der Waals surface area contributed by atoms with Gasteiger partial charge in [-0.3, -0.25) is 0 Å². The average Bonchev–Trinajstić information content (AvgIpc) is 2.41. The summed E-state index contributed by atoms with van der Waals surface area (Å²) in [5.41, 5.74) is 1.44. The molecule has 1 unspecified atom stereocenters. The Kier molecular flexibility index (Phi) is 9.21. The molecule has 0 amide bonds. The van der Waals surface area contributed by atoms with Gasteiger partial charge in [-0.2, -0.15) is 0 Å². The number of rotatable bonds is 10. The van der Waals surface area contributed by atoms with Crippen molar-refractivity contribution in [3.05, 3.63) is 34.3 Å². The van der Waals surface area contributed by atoms with E-state index in [4.69, 9.17) is 0 Å². The molecule has 0 aromatic heterocycles. The fraction of sp³-hybridized carbons (Fsp3) is 0.667. The predicted octanol–water partition coefficient (Wildman–Crippen LogP) is 5.43. The van der Waals surface area contributed by atoms with Crippen molar-refractivity contribution in [2.24, 2.45) is 11.8 Å². The first-order valence-corrected chi connectivity index (χ1v) is 8.86. The van der Waals surface area contributed by atoms with Crippen LogP contribution in [-0.4, -0.2) is 13.1 Å². The third-order valence-corrected chi connectivity index (χ3v) is 4.44. The summed E-state index contributed by atoms with van der Waals surface area (Å²) in [6, 6.07) is 8.64. The van der Waals surface area contributed by atoms with Crippen LogP contribution in [0.1, 0.15) is 52.0 Å². The zero-order chi connectivity index (χ0) is 14.8. The quantitative estimate of drug-likeness (QED) is 0.560. The summed E-state index contributed by atoms with van der Waals surface area (Å²) in [5.74, 6) is 1.48. The molecule has 0 fully saturated rings. The van der Waals surface area contributed by atoms with E-state index in [9.17, 15) is 0 Å². The summed E-state index contributed by atoms with van der Waals surface area (Å²) in [5, 5.41) is 3.64. The first-order valence-electron chi connectivity index (χ1n) is 8.07. The lowest BCUT2D eigenvalue weighted by Gasteiger charge is -2.19. The number of hydrogen-bond acceptors (Lipinski definition) is 1. The van der Waals surface area contributed by atoms with Gasteiger partial charge in [0.2, 0.25) is 0 Å². The molecule has 1 aromatic carbocycles. The lowest BCUT2D eigenvalue weighted by atomic mass is 9.93. The Bertz CT molecular complexity index is 362. The smallest absolute Gasteiger partial charge is 0.0207 e. The minimum absolute atomic E-state index is 0.731. The van der Waals surface area contributed by atoms with Gasteiger partial charge in [-0.25, -0.2) is 0 Å². The minimum Gasteiger partial charge on any atom is -0.316 e. The van der Waals surface area contributed by atoms with Crippen LogP contribution in [0, 0.1) is 11.8 Å². The summed E-state index contributed by atoms with van der Waals surface area (Å²) < 4.78 is 1.25. The predicted molar refractivity (Wildman–Crippen MR) is 93.2 cm³/mol. The van der Waals surface area contributed by atoms with Crippen LogP contribution in [0.15, 0.2) is 28.7 Å². The Hall–Kier alpha value is -0.340. The van der Waals surface area contributed by atoms with Crippen molar-refractivity contribution in [1.82, 2.24) is 5.32 Å². The van der Waals surface area contributed by atoms with Crippen LogP contribution in [0.5, 0.6) is 0 Å². The summed E-state index contributed by atoms with van der Waals surface area (Å²) in [6.07, 6.45) is 6.53.